The van der Waals surface area contributed by atoms with Gasteiger partial charge in [0, 0.05) is 12.1 Å². The van der Waals surface area contributed by atoms with E-state index in [2.05, 4.69) is 5.32 Å². The van der Waals surface area contributed by atoms with E-state index in [1.807, 2.05) is 36.4 Å². The molecule has 2 nitrogen and oxygen atoms in total. The lowest BCUT2D eigenvalue weighted by atomic mass is 10.1. The molecule has 0 aliphatic heterocycles. The maximum absolute atomic E-state index is 12.8. The molecule has 0 saturated heterocycles. The first-order valence-electron chi connectivity index (χ1n) is 6.41. The van der Waals surface area contributed by atoms with Crippen molar-refractivity contribution in [2.24, 2.45) is 0 Å². The van der Waals surface area contributed by atoms with E-state index in [1.54, 1.807) is 19.1 Å². The van der Waals surface area contributed by atoms with Gasteiger partial charge in [-0.2, -0.15) is 0 Å². The topological polar surface area (TPSA) is 29.1 Å². The lowest BCUT2D eigenvalue weighted by Crippen LogP contribution is -2.23. The predicted molar refractivity (Wildman–Crippen MR) is 78.3 cm³/mol. The van der Waals surface area contributed by atoms with Gasteiger partial charge in [0.25, 0.3) is 0 Å². The van der Waals surface area contributed by atoms with E-state index in [-0.39, 0.29) is 11.7 Å². The first kappa shape index (κ1) is 14.0. The van der Waals surface area contributed by atoms with Gasteiger partial charge < -0.3 is 5.32 Å². The van der Waals surface area contributed by atoms with Gasteiger partial charge in [-0.3, -0.25) is 4.79 Å². The van der Waals surface area contributed by atoms with E-state index >= 15 is 0 Å². The fourth-order valence-electron chi connectivity index (χ4n) is 1.79. The molecule has 0 unspecified atom stereocenters. The van der Waals surface area contributed by atoms with Gasteiger partial charge in [0.15, 0.2) is 0 Å². The van der Waals surface area contributed by atoms with Crippen LogP contribution >= 0.6 is 0 Å². The van der Waals surface area contributed by atoms with Crippen molar-refractivity contribution in [3.63, 3.8) is 0 Å². The SMILES string of the molecule is C/C(=C\c1ccccc1)C(=O)NCc1ccc(F)cc1. The largest absolute Gasteiger partial charge is 0.348 e. The summed E-state index contributed by atoms with van der Waals surface area (Å²) in [6, 6.07) is 15.7. The lowest BCUT2D eigenvalue weighted by Gasteiger charge is -2.06. The second-order valence-electron chi connectivity index (χ2n) is 4.55. The molecule has 1 amide bonds. The van der Waals surface area contributed by atoms with Crippen LogP contribution in [0.2, 0.25) is 0 Å². The Labute approximate surface area is 118 Å². The number of hydrogen-bond acceptors (Lipinski definition) is 1. The van der Waals surface area contributed by atoms with Gasteiger partial charge in [0.2, 0.25) is 5.91 Å². The Morgan fingerprint density at radius 2 is 1.75 bits per heavy atom. The number of halogens is 1. The van der Waals surface area contributed by atoms with Gasteiger partial charge in [-0.1, -0.05) is 42.5 Å². The molecule has 2 aromatic carbocycles. The predicted octanol–water partition coefficient (Wildman–Crippen LogP) is 3.55. The molecule has 0 aliphatic carbocycles. The summed E-state index contributed by atoms with van der Waals surface area (Å²) in [6.07, 6.45) is 1.83. The van der Waals surface area contributed by atoms with E-state index in [1.165, 1.54) is 12.1 Å². The van der Waals surface area contributed by atoms with Crippen molar-refractivity contribution in [3.8, 4) is 0 Å². The summed E-state index contributed by atoms with van der Waals surface area (Å²) in [7, 11) is 0. The van der Waals surface area contributed by atoms with E-state index in [9.17, 15) is 9.18 Å². The molecule has 1 N–H and O–H groups in total. The minimum atomic E-state index is -0.278. The summed E-state index contributed by atoms with van der Waals surface area (Å²) >= 11 is 0. The fraction of sp³-hybridized carbons (Fsp3) is 0.118. The summed E-state index contributed by atoms with van der Waals surface area (Å²) in [4.78, 5) is 11.9. The van der Waals surface area contributed by atoms with E-state index < -0.39 is 0 Å². The molecule has 2 rings (SSSR count). The van der Waals surface area contributed by atoms with Crippen molar-refractivity contribution < 1.29 is 9.18 Å². The molecule has 0 heterocycles. The van der Waals surface area contributed by atoms with Crippen molar-refractivity contribution in [1.29, 1.82) is 0 Å². The van der Waals surface area contributed by atoms with Crippen LogP contribution < -0.4 is 5.32 Å². The van der Waals surface area contributed by atoms with Crippen LogP contribution in [0, 0.1) is 5.82 Å². The first-order valence-corrected chi connectivity index (χ1v) is 6.41. The highest BCUT2D eigenvalue weighted by atomic mass is 19.1. The summed E-state index contributed by atoms with van der Waals surface area (Å²) in [5.74, 6) is -0.404. The quantitative estimate of drug-likeness (QED) is 0.845. The number of nitrogens with one attached hydrogen (secondary N) is 1. The normalized spacial score (nSPS) is 11.2. The van der Waals surface area contributed by atoms with Gasteiger partial charge in [0.1, 0.15) is 5.82 Å². The molecule has 0 aromatic heterocycles. The monoisotopic (exact) mass is 269 g/mol. The minimum absolute atomic E-state index is 0.127. The molecule has 0 spiro atoms. The fourth-order valence-corrected chi connectivity index (χ4v) is 1.79. The van der Waals surface area contributed by atoms with Crippen molar-refractivity contribution >= 4 is 12.0 Å². The number of rotatable bonds is 4. The summed E-state index contributed by atoms with van der Waals surface area (Å²) < 4.78 is 12.8. The molecule has 3 heteroatoms. The van der Waals surface area contributed by atoms with E-state index in [0.29, 0.717) is 12.1 Å². The third kappa shape index (κ3) is 4.05. The summed E-state index contributed by atoms with van der Waals surface area (Å²) in [5.41, 5.74) is 2.49. The highest BCUT2D eigenvalue weighted by Gasteiger charge is 2.04. The smallest absolute Gasteiger partial charge is 0.247 e. The number of amides is 1. The first-order chi connectivity index (χ1) is 9.65. The number of benzene rings is 2. The molecule has 0 saturated carbocycles. The molecule has 20 heavy (non-hydrogen) atoms. The lowest BCUT2D eigenvalue weighted by molar-refractivity contribution is -0.117. The molecule has 2 aromatic rings. The Balaban J connectivity index is 1.94. The molecule has 0 atom stereocenters. The highest BCUT2D eigenvalue weighted by molar-refractivity contribution is 5.97. The van der Waals surface area contributed by atoms with Crippen molar-refractivity contribution in [2.75, 3.05) is 0 Å². The van der Waals surface area contributed by atoms with Gasteiger partial charge in [-0.25, -0.2) is 4.39 Å². The third-order valence-corrected chi connectivity index (χ3v) is 2.91. The maximum atomic E-state index is 12.8. The Morgan fingerprint density at radius 1 is 1.10 bits per heavy atom. The van der Waals surface area contributed by atoms with Gasteiger partial charge >= 0.3 is 0 Å². The van der Waals surface area contributed by atoms with E-state index in [4.69, 9.17) is 0 Å². The summed E-state index contributed by atoms with van der Waals surface area (Å²) in [6.45, 7) is 2.16. The molecule has 0 radical (unpaired) electrons. The van der Waals surface area contributed by atoms with Crippen molar-refractivity contribution in [2.45, 2.75) is 13.5 Å². The number of carbonyl (C=O) groups is 1. The van der Waals surface area contributed by atoms with Crippen LogP contribution in [-0.4, -0.2) is 5.91 Å². The number of hydrogen-bond donors (Lipinski definition) is 1. The molecule has 0 aliphatic rings. The maximum Gasteiger partial charge on any atom is 0.247 e. The van der Waals surface area contributed by atoms with Gasteiger partial charge in [-0.05, 0) is 36.3 Å². The van der Waals surface area contributed by atoms with Gasteiger partial charge in [-0.15, -0.1) is 0 Å². The summed E-state index contributed by atoms with van der Waals surface area (Å²) in [5, 5.41) is 2.81. The Bertz CT molecular complexity index is 603. The molecule has 0 fully saturated rings. The van der Waals surface area contributed by atoms with Gasteiger partial charge in [0.05, 0.1) is 0 Å². The van der Waals surface area contributed by atoms with E-state index in [0.717, 1.165) is 11.1 Å². The molecule has 0 bridgehead atoms. The zero-order chi connectivity index (χ0) is 14.4. The Kier molecular flexibility index (Phi) is 4.66. The van der Waals surface area contributed by atoms with Crippen LogP contribution in [0.4, 0.5) is 4.39 Å². The van der Waals surface area contributed by atoms with Crippen molar-refractivity contribution in [3.05, 3.63) is 77.1 Å². The van der Waals surface area contributed by atoms with Crippen LogP contribution in [0.5, 0.6) is 0 Å². The van der Waals surface area contributed by atoms with Crippen LogP contribution in [0.25, 0.3) is 6.08 Å². The number of carbonyl (C=O) groups excluding carboxylic acids is 1. The standard InChI is InChI=1S/C17H16FNO/c1-13(11-14-5-3-2-4-6-14)17(20)19-12-15-7-9-16(18)10-8-15/h2-11H,12H2,1H3,(H,19,20)/b13-11+. The highest BCUT2D eigenvalue weighted by Crippen LogP contribution is 2.07. The third-order valence-electron chi connectivity index (χ3n) is 2.91. The molecule has 102 valence electrons. The van der Waals surface area contributed by atoms with Crippen LogP contribution in [0.1, 0.15) is 18.1 Å². The Hall–Kier alpha value is -2.42. The second-order valence-corrected chi connectivity index (χ2v) is 4.55. The van der Waals surface area contributed by atoms with Crippen LogP contribution in [-0.2, 0) is 11.3 Å². The zero-order valence-corrected chi connectivity index (χ0v) is 11.3. The molecular formula is C17H16FNO. The van der Waals surface area contributed by atoms with Crippen molar-refractivity contribution in [1.82, 2.24) is 5.32 Å². The average Bonchev–Trinajstić information content (AvgIpc) is 2.47. The minimum Gasteiger partial charge on any atom is -0.348 e. The Morgan fingerprint density at radius 3 is 2.40 bits per heavy atom. The average molecular weight is 269 g/mol. The van der Waals surface area contributed by atoms with Crippen LogP contribution in [0.15, 0.2) is 60.2 Å². The zero-order valence-electron chi connectivity index (χ0n) is 11.3. The van der Waals surface area contributed by atoms with Crippen LogP contribution in [0.3, 0.4) is 0 Å². The second kappa shape index (κ2) is 6.66. The molecular weight excluding hydrogens is 253 g/mol.